The second kappa shape index (κ2) is 14.3. The minimum atomic E-state index is -0.968. The van der Waals surface area contributed by atoms with Crippen LogP contribution >= 0.6 is 0 Å². The highest BCUT2D eigenvalue weighted by atomic mass is 16.5. The zero-order valence-electron chi connectivity index (χ0n) is 16.6. The molecule has 4 N–H and O–H groups in total. The van der Waals surface area contributed by atoms with Gasteiger partial charge in [-0.1, -0.05) is 55.5 Å². The number of aliphatic hydroxyl groups excluding tert-OH is 3. The predicted octanol–water partition coefficient (Wildman–Crippen LogP) is 2.90. The van der Waals surface area contributed by atoms with Crippen LogP contribution in [0.3, 0.4) is 0 Å². The molecule has 0 spiro atoms. The first-order valence-electron chi connectivity index (χ1n) is 9.98. The Labute approximate surface area is 167 Å². The number of aliphatic hydroxyl groups is 3. The molecule has 0 aliphatic carbocycles. The van der Waals surface area contributed by atoms with Crippen molar-refractivity contribution < 1.29 is 30.0 Å². The summed E-state index contributed by atoms with van der Waals surface area (Å²) in [4.78, 5) is 10.5. The molecule has 1 rings (SSSR count). The number of hydrogen-bond donors (Lipinski definition) is 4. The van der Waals surface area contributed by atoms with Crippen LogP contribution in [0, 0.1) is 0 Å². The molecule has 0 saturated carbocycles. The van der Waals surface area contributed by atoms with Gasteiger partial charge in [0.05, 0.1) is 24.4 Å². The molecule has 158 valence electrons. The van der Waals surface area contributed by atoms with Crippen molar-refractivity contribution >= 4 is 5.97 Å². The van der Waals surface area contributed by atoms with E-state index in [1.54, 1.807) is 0 Å². The van der Waals surface area contributed by atoms with Gasteiger partial charge in [0.25, 0.3) is 0 Å². The zero-order valence-corrected chi connectivity index (χ0v) is 16.6. The van der Waals surface area contributed by atoms with Crippen molar-refractivity contribution in [3.8, 4) is 0 Å². The van der Waals surface area contributed by atoms with Crippen LogP contribution in [-0.2, 0) is 9.53 Å². The second-order valence-corrected chi connectivity index (χ2v) is 6.92. The lowest BCUT2D eigenvalue weighted by Gasteiger charge is -2.16. The lowest BCUT2D eigenvalue weighted by Crippen LogP contribution is -2.25. The monoisotopic (exact) mass is 394 g/mol. The molecule has 28 heavy (non-hydrogen) atoms. The SMILES string of the molecule is CC/C=C\C/C=C\C/C=C\C[C@@H](O)[C@@H]1C[C@@H](O)[C@H](/C=C/[C@H](O)CCC(=O)O)O1. The average Bonchev–Trinajstić information content (AvgIpc) is 3.04. The van der Waals surface area contributed by atoms with Gasteiger partial charge >= 0.3 is 5.97 Å². The molecule has 0 radical (unpaired) electrons. The fourth-order valence-corrected chi connectivity index (χ4v) is 2.84. The van der Waals surface area contributed by atoms with Gasteiger partial charge in [0, 0.05) is 12.8 Å². The summed E-state index contributed by atoms with van der Waals surface area (Å²) < 4.78 is 5.67. The third kappa shape index (κ3) is 10.6. The first-order valence-corrected chi connectivity index (χ1v) is 9.98. The van der Waals surface area contributed by atoms with Gasteiger partial charge in [-0.25, -0.2) is 0 Å². The lowest BCUT2D eigenvalue weighted by molar-refractivity contribution is -0.137. The maximum absolute atomic E-state index is 10.5. The van der Waals surface area contributed by atoms with Gasteiger partial charge in [0.1, 0.15) is 6.10 Å². The average molecular weight is 395 g/mol. The van der Waals surface area contributed by atoms with Crippen LogP contribution in [0.25, 0.3) is 0 Å². The van der Waals surface area contributed by atoms with Gasteiger partial charge in [-0.2, -0.15) is 0 Å². The van der Waals surface area contributed by atoms with Crippen LogP contribution in [-0.4, -0.2) is 56.9 Å². The van der Waals surface area contributed by atoms with Crippen LogP contribution in [0.1, 0.15) is 51.9 Å². The Morgan fingerprint density at radius 1 is 1.11 bits per heavy atom. The summed E-state index contributed by atoms with van der Waals surface area (Å²) in [7, 11) is 0. The number of aliphatic carboxylic acids is 1. The number of carboxylic acid groups (broad SMARTS) is 1. The normalized spacial score (nSPS) is 25.5. The molecule has 0 amide bonds. The summed E-state index contributed by atoms with van der Waals surface area (Å²) in [5.74, 6) is -0.968. The number of rotatable bonds is 13. The van der Waals surface area contributed by atoms with Gasteiger partial charge < -0.3 is 25.2 Å². The first kappa shape index (κ1) is 24.3. The molecule has 6 nitrogen and oxygen atoms in total. The Balaban J connectivity index is 2.31. The summed E-state index contributed by atoms with van der Waals surface area (Å²) in [6, 6.07) is 0. The van der Waals surface area contributed by atoms with Crippen molar-refractivity contribution in [2.75, 3.05) is 0 Å². The Morgan fingerprint density at radius 3 is 2.39 bits per heavy atom. The molecule has 5 atom stereocenters. The topological polar surface area (TPSA) is 107 Å². The number of carboxylic acids is 1. The quantitative estimate of drug-likeness (QED) is 0.358. The van der Waals surface area contributed by atoms with Crippen molar-refractivity contribution in [2.24, 2.45) is 0 Å². The molecule has 1 heterocycles. The summed E-state index contributed by atoms with van der Waals surface area (Å²) in [5, 5.41) is 38.6. The summed E-state index contributed by atoms with van der Waals surface area (Å²) in [6.07, 6.45) is 15.4. The highest BCUT2D eigenvalue weighted by Crippen LogP contribution is 2.25. The van der Waals surface area contributed by atoms with Crippen molar-refractivity contribution in [2.45, 2.75) is 82.4 Å². The predicted molar refractivity (Wildman–Crippen MR) is 109 cm³/mol. The lowest BCUT2D eigenvalue weighted by atomic mass is 10.0. The molecular formula is C22H34O6. The molecule has 1 saturated heterocycles. The van der Waals surface area contributed by atoms with Crippen molar-refractivity contribution in [1.82, 2.24) is 0 Å². The van der Waals surface area contributed by atoms with Crippen molar-refractivity contribution in [1.29, 1.82) is 0 Å². The zero-order chi connectivity index (χ0) is 20.8. The van der Waals surface area contributed by atoms with E-state index in [2.05, 4.69) is 31.2 Å². The van der Waals surface area contributed by atoms with Crippen LogP contribution < -0.4 is 0 Å². The molecule has 1 aliphatic rings. The molecule has 0 unspecified atom stereocenters. The van der Waals surface area contributed by atoms with E-state index < -0.39 is 36.5 Å². The molecule has 1 fully saturated rings. The van der Waals surface area contributed by atoms with Gasteiger partial charge in [0.2, 0.25) is 0 Å². The van der Waals surface area contributed by atoms with Gasteiger partial charge in [-0.05, 0) is 32.1 Å². The van der Waals surface area contributed by atoms with Crippen molar-refractivity contribution in [3.63, 3.8) is 0 Å². The first-order chi connectivity index (χ1) is 13.4. The van der Waals surface area contributed by atoms with E-state index in [-0.39, 0.29) is 12.8 Å². The minimum Gasteiger partial charge on any atom is -0.481 e. The van der Waals surface area contributed by atoms with Crippen molar-refractivity contribution in [3.05, 3.63) is 48.6 Å². The van der Waals surface area contributed by atoms with Crippen LogP contribution in [0.5, 0.6) is 0 Å². The standard InChI is InChI=1S/C22H34O6/c1-2-3-4-5-6-7-8-9-10-11-18(24)21-16-19(25)20(28-21)14-12-17(23)13-15-22(26)27/h3-4,6-7,9-10,12,14,17-21,23-25H,2,5,8,11,13,15-16H2,1H3,(H,26,27)/b4-3-,7-6-,10-9-,14-12+/t17-,18+,19+,20-,21-/m0/s1. The Bertz CT molecular complexity index is 551. The largest absolute Gasteiger partial charge is 0.481 e. The smallest absolute Gasteiger partial charge is 0.303 e. The number of carbonyl (C=O) groups is 1. The van der Waals surface area contributed by atoms with E-state index >= 15 is 0 Å². The fraction of sp³-hybridized carbons (Fsp3) is 0.591. The maximum Gasteiger partial charge on any atom is 0.303 e. The van der Waals surface area contributed by atoms with E-state index in [1.165, 1.54) is 12.2 Å². The molecule has 0 aromatic heterocycles. The van der Waals surface area contributed by atoms with Gasteiger partial charge in [0.15, 0.2) is 0 Å². The Hall–Kier alpha value is -1.73. The third-order valence-corrected chi connectivity index (χ3v) is 4.45. The van der Waals surface area contributed by atoms with E-state index in [4.69, 9.17) is 9.84 Å². The van der Waals surface area contributed by atoms with E-state index in [9.17, 15) is 20.1 Å². The number of hydrogen-bond acceptors (Lipinski definition) is 5. The molecular weight excluding hydrogens is 360 g/mol. The van der Waals surface area contributed by atoms with E-state index in [1.807, 2.05) is 12.2 Å². The van der Waals surface area contributed by atoms with Crippen LogP contribution in [0.2, 0.25) is 0 Å². The van der Waals surface area contributed by atoms with Crippen LogP contribution in [0.4, 0.5) is 0 Å². The number of allylic oxidation sites excluding steroid dienone is 5. The van der Waals surface area contributed by atoms with Gasteiger partial charge in [-0.3, -0.25) is 4.79 Å². The summed E-state index contributed by atoms with van der Waals surface area (Å²) in [5.41, 5.74) is 0. The molecule has 6 heteroatoms. The highest BCUT2D eigenvalue weighted by molar-refractivity contribution is 5.66. The fourth-order valence-electron chi connectivity index (χ4n) is 2.84. The Morgan fingerprint density at radius 2 is 1.75 bits per heavy atom. The molecule has 0 bridgehead atoms. The highest BCUT2D eigenvalue weighted by Gasteiger charge is 2.35. The molecule has 0 aromatic carbocycles. The summed E-state index contributed by atoms with van der Waals surface area (Å²) >= 11 is 0. The van der Waals surface area contributed by atoms with E-state index in [0.717, 1.165) is 19.3 Å². The maximum atomic E-state index is 10.5. The molecule has 1 aliphatic heterocycles. The third-order valence-electron chi connectivity index (χ3n) is 4.45. The van der Waals surface area contributed by atoms with Gasteiger partial charge in [-0.15, -0.1) is 0 Å². The summed E-state index contributed by atoms with van der Waals surface area (Å²) in [6.45, 7) is 2.10. The number of ether oxygens (including phenoxy) is 1. The minimum absolute atomic E-state index is 0.106. The van der Waals surface area contributed by atoms with Crippen LogP contribution in [0.15, 0.2) is 48.6 Å². The Kier molecular flexibility index (Phi) is 12.4. The van der Waals surface area contributed by atoms with E-state index in [0.29, 0.717) is 12.8 Å². The molecule has 0 aromatic rings. The second-order valence-electron chi connectivity index (χ2n) is 6.92.